The molecule has 2 heterocycles. The number of hydrogen-bond acceptors (Lipinski definition) is 5. The second kappa shape index (κ2) is 6.04. The second-order valence-corrected chi connectivity index (χ2v) is 6.72. The number of H-pyrrole nitrogens is 1. The summed E-state index contributed by atoms with van der Waals surface area (Å²) in [5.74, 6) is 0. The molecule has 10 heteroatoms. The van der Waals surface area contributed by atoms with Gasteiger partial charge in [0.2, 0.25) is 10.0 Å². The van der Waals surface area contributed by atoms with Crippen molar-refractivity contribution in [3.05, 3.63) is 27.6 Å². The highest BCUT2D eigenvalue weighted by atomic mass is 35.5. The first kappa shape index (κ1) is 15.8. The van der Waals surface area contributed by atoms with Crippen LogP contribution in [0.3, 0.4) is 0 Å². The number of carbonyl (C=O) groups excluding carboxylic acids is 1. The lowest BCUT2D eigenvalue weighted by molar-refractivity contribution is 0.108. The van der Waals surface area contributed by atoms with Crippen LogP contribution >= 0.6 is 11.6 Å². The maximum absolute atomic E-state index is 12.4. The van der Waals surface area contributed by atoms with E-state index in [0.717, 1.165) is 12.3 Å². The van der Waals surface area contributed by atoms with Crippen LogP contribution in [0.15, 0.2) is 22.0 Å². The minimum Gasteiger partial charge on any atom is -0.453 e. The number of nitrogens with zero attached hydrogens (tertiary/aromatic N) is 2. The van der Waals surface area contributed by atoms with Crippen LogP contribution in [-0.2, 0) is 14.8 Å². The Morgan fingerprint density at radius 1 is 1.33 bits per heavy atom. The standard InChI is InChI=1S/C11H14ClN3O5S/c1-20-11(17)14-2-4-15(5-3-14)21(18,19)8-6-9(12)10(16)13-7-8/h6-7H,2-5H2,1H3,(H,13,16). The summed E-state index contributed by atoms with van der Waals surface area (Å²) in [7, 11) is -2.49. The van der Waals surface area contributed by atoms with E-state index in [4.69, 9.17) is 11.6 Å². The van der Waals surface area contributed by atoms with Gasteiger partial charge in [-0.2, -0.15) is 4.31 Å². The number of ether oxygens (including phenoxy) is 1. The van der Waals surface area contributed by atoms with Crippen LogP contribution < -0.4 is 5.56 Å². The van der Waals surface area contributed by atoms with E-state index in [0.29, 0.717) is 0 Å². The molecular formula is C11H14ClN3O5S. The Hall–Kier alpha value is -1.58. The van der Waals surface area contributed by atoms with Crippen molar-refractivity contribution < 1.29 is 17.9 Å². The molecule has 1 N–H and O–H groups in total. The third kappa shape index (κ3) is 3.20. The molecule has 0 aliphatic carbocycles. The maximum Gasteiger partial charge on any atom is 0.409 e. The molecule has 0 bridgehead atoms. The van der Waals surface area contributed by atoms with Gasteiger partial charge in [0, 0.05) is 32.4 Å². The predicted molar refractivity (Wildman–Crippen MR) is 74.8 cm³/mol. The molecular weight excluding hydrogens is 322 g/mol. The number of carbonyl (C=O) groups is 1. The van der Waals surface area contributed by atoms with Gasteiger partial charge in [-0.1, -0.05) is 11.6 Å². The third-order valence-electron chi connectivity index (χ3n) is 3.14. The van der Waals surface area contributed by atoms with Crippen molar-refractivity contribution in [2.75, 3.05) is 33.3 Å². The first-order valence-electron chi connectivity index (χ1n) is 6.07. The molecule has 21 heavy (non-hydrogen) atoms. The van der Waals surface area contributed by atoms with Crippen LogP contribution in [-0.4, -0.2) is 62.0 Å². The van der Waals surface area contributed by atoms with E-state index in [9.17, 15) is 18.0 Å². The Morgan fingerprint density at radius 2 is 1.95 bits per heavy atom. The fourth-order valence-corrected chi connectivity index (χ4v) is 3.63. The summed E-state index contributed by atoms with van der Waals surface area (Å²) in [5, 5.41) is -0.190. The molecule has 1 aromatic heterocycles. The van der Waals surface area contributed by atoms with Crippen molar-refractivity contribution in [3.8, 4) is 0 Å². The van der Waals surface area contributed by atoms with Gasteiger partial charge in [0.05, 0.1) is 12.0 Å². The van der Waals surface area contributed by atoms with Crippen molar-refractivity contribution in [3.63, 3.8) is 0 Å². The molecule has 1 aromatic rings. The van der Waals surface area contributed by atoms with Gasteiger partial charge in [-0.15, -0.1) is 0 Å². The van der Waals surface area contributed by atoms with Gasteiger partial charge in [0.25, 0.3) is 5.56 Å². The minimum absolute atomic E-state index is 0.0846. The molecule has 0 unspecified atom stereocenters. The van der Waals surface area contributed by atoms with Crippen LogP contribution in [0.2, 0.25) is 5.02 Å². The van der Waals surface area contributed by atoms with E-state index >= 15 is 0 Å². The Kier molecular flexibility index (Phi) is 4.55. The van der Waals surface area contributed by atoms with Crippen LogP contribution in [0, 0.1) is 0 Å². The Labute approximate surface area is 126 Å². The van der Waals surface area contributed by atoms with E-state index in [1.807, 2.05) is 0 Å². The fraction of sp³-hybridized carbons (Fsp3) is 0.455. The summed E-state index contributed by atoms with van der Waals surface area (Å²) >= 11 is 5.65. The molecule has 1 saturated heterocycles. The van der Waals surface area contributed by atoms with Gasteiger partial charge in [-0.25, -0.2) is 13.2 Å². The van der Waals surface area contributed by atoms with Crippen molar-refractivity contribution in [1.82, 2.24) is 14.2 Å². The molecule has 0 atom stereocenters. The van der Waals surface area contributed by atoms with Gasteiger partial charge in [0.1, 0.15) is 5.02 Å². The number of halogens is 1. The monoisotopic (exact) mass is 335 g/mol. The van der Waals surface area contributed by atoms with Crippen molar-refractivity contribution in [2.24, 2.45) is 0 Å². The van der Waals surface area contributed by atoms with Crippen LogP contribution in [0.4, 0.5) is 4.79 Å². The maximum atomic E-state index is 12.4. The van der Waals surface area contributed by atoms with Crippen LogP contribution in [0.5, 0.6) is 0 Å². The van der Waals surface area contributed by atoms with E-state index < -0.39 is 21.7 Å². The fourth-order valence-electron chi connectivity index (χ4n) is 1.98. The highest BCUT2D eigenvalue weighted by Gasteiger charge is 2.30. The third-order valence-corrected chi connectivity index (χ3v) is 5.30. The lowest BCUT2D eigenvalue weighted by atomic mass is 10.4. The van der Waals surface area contributed by atoms with Gasteiger partial charge < -0.3 is 14.6 Å². The van der Waals surface area contributed by atoms with E-state index in [2.05, 4.69) is 9.72 Å². The number of methoxy groups -OCH3 is 1. The molecule has 0 aromatic carbocycles. The van der Waals surface area contributed by atoms with Crippen molar-refractivity contribution in [2.45, 2.75) is 4.90 Å². The van der Waals surface area contributed by atoms with E-state index in [1.54, 1.807) is 0 Å². The number of hydrogen-bond donors (Lipinski definition) is 1. The van der Waals surface area contributed by atoms with Crippen LogP contribution in [0.25, 0.3) is 0 Å². The highest BCUT2D eigenvalue weighted by molar-refractivity contribution is 7.89. The largest absolute Gasteiger partial charge is 0.453 e. The number of sulfonamides is 1. The summed E-state index contributed by atoms with van der Waals surface area (Å²) in [4.78, 5) is 26.1. The number of pyridine rings is 1. The Bertz CT molecular complexity index is 694. The quantitative estimate of drug-likeness (QED) is 0.826. The normalized spacial score (nSPS) is 16.8. The average molecular weight is 336 g/mol. The Morgan fingerprint density at radius 3 is 2.48 bits per heavy atom. The topological polar surface area (TPSA) is 99.8 Å². The predicted octanol–water partition coefficient (Wildman–Crippen LogP) is 0.101. The molecule has 116 valence electrons. The SMILES string of the molecule is COC(=O)N1CCN(S(=O)(=O)c2c[nH]c(=O)c(Cl)c2)CC1. The molecule has 1 aliphatic heterocycles. The summed E-state index contributed by atoms with van der Waals surface area (Å²) in [6.45, 7) is 0.772. The zero-order valence-electron chi connectivity index (χ0n) is 11.2. The van der Waals surface area contributed by atoms with E-state index in [1.165, 1.54) is 16.3 Å². The van der Waals surface area contributed by atoms with Gasteiger partial charge in [0.15, 0.2) is 0 Å². The lowest BCUT2D eigenvalue weighted by Crippen LogP contribution is -2.50. The van der Waals surface area contributed by atoms with Crippen molar-refractivity contribution >= 4 is 27.7 Å². The van der Waals surface area contributed by atoms with Crippen LogP contribution in [0.1, 0.15) is 0 Å². The summed E-state index contributed by atoms with van der Waals surface area (Å²) in [6, 6.07) is 1.11. The number of amides is 1. The zero-order valence-corrected chi connectivity index (χ0v) is 12.8. The number of rotatable bonds is 2. The molecule has 2 rings (SSSR count). The molecule has 0 spiro atoms. The highest BCUT2D eigenvalue weighted by Crippen LogP contribution is 2.18. The van der Waals surface area contributed by atoms with Gasteiger partial charge >= 0.3 is 6.09 Å². The molecule has 1 fully saturated rings. The van der Waals surface area contributed by atoms with Crippen molar-refractivity contribution in [1.29, 1.82) is 0 Å². The first-order valence-corrected chi connectivity index (χ1v) is 7.89. The number of nitrogens with one attached hydrogen (secondary N) is 1. The minimum atomic E-state index is -3.76. The van der Waals surface area contributed by atoms with Gasteiger partial charge in [-0.3, -0.25) is 4.79 Å². The lowest BCUT2D eigenvalue weighted by Gasteiger charge is -2.32. The summed E-state index contributed by atoms with van der Waals surface area (Å²) in [5.41, 5.74) is -0.550. The summed E-state index contributed by atoms with van der Waals surface area (Å²) < 4.78 is 30.6. The first-order chi connectivity index (χ1) is 9.86. The van der Waals surface area contributed by atoms with Gasteiger partial charge in [-0.05, 0) is 6.07 Å². The van der Waals surface area contributed by atoms with E-state index in [-0.39, 0.29) is 36.1 Å². The smallest absolute Gasteiger partial charge is 0.409 e. The average Bonchev–Trinajstić information content (AvgIpc) is 2.49. The number of aromatic nitrogens is 1. The molecule has 0 saturated carbocycles. The molecule has 0 radical (unpaired) electrons. The second-order valence-electron chi connectivity index (χ2n) is 4.37. The number of aromatic amines is 1. The molecule has 1 amide bonds. The number of piperazine rings is 1. The molecule has 8 nitrogen and oxygen atoms in total. The Balaban J connectivity index is 2.16. The molecule has 1 aliphatic rings. The zero-order chi connectivity index (χ0) is 15.6. The summed E-state index contributed by atoms with van der Waals surface area (Å²) in [6.07, 6.45) is 0.620.